The van der Waals surface area contributed by atoms with Crippen molar-refractivity contribution in [2.45, 2.75) is 25.4 Å². The van der Waals surface area contributed by atoms with Gasteiger partial charge >= 0.3 is 6.18 Å². The number of nitrogens with zero attached hydrogens (tertiary/aromatic N) is 5. The van der Waals surface area contributed by atoms with Gasteiger partial charge in [-0.1, -0.05) is 6.07 Å². The Labute approximate surface area is 234 Å². The highest BCUT2D eigenvalue weighted by molar-refractivity contribution is 6.03. The number of halogens is 3. The van der Waals surface area contributed by atoms with Gasteiger partial charge in [-0.15, -0.1) is 5.10 Å². The summed E-state index contributed by atoms with van der Waals surface area (Å²) in [5, 5.41) is 9.50. The third-order valence-corrected chi connectivity index (χ3v) is 6.67. The van der Waals surface area contributed by atoms with Crippen molar-refractivity contribution >= 4 is 18.0 Å². The average molecular weight is 564 g/mol. The zero-order valence-electron chi connectivity index (χ0n) is 22.4. The van der Waals surface area contributed by atoms with Crippen LogP contribution >= 0.6 is 0 Å². The molecule has 0 aliphatic carbocycles. The Kier molecular flexibility index (Phi) is 9.03. The summed E-state index contributed by atoms with van der Waals surface area (Å²) >= 11 is 0. The zero-order valence-corrected chi connectivity index (χ0v) is 22.4. The zero-order chi connectivity index (χ0) is 29.6. The molecule has 3 aromatic heterocycles. The van der Waals surface area contributed by atoms with Crippen molar-refractivity contribution in [2.75, 3.05) is 25.5 Å². The van der Waals surface area contributed by atoms with E-state index in [4.69, 9.17) is 4.79 Å². The first-order valence-electron chi connectivity index (χ1n) is 12.7. The van der Waals surface area contributed by atoms with Gasteiger partial charge in [0, 0.05) is 41.8 Å². The van der Waals surface area contributed by atoms with Crippen LogP contribution in [0.3, 0.4) is 0 Å². The minimum Gasteiger partial charge on any atom is -0.372 e. The summed E-state index contributed by atoms with van der Waals surface area (Å²) in [7, 11) is 2.11. The molecule has 0 spiro atoms. The van der Waals surface area contributed by atoms with E-state index >= 15 is 0 Å². The highest BCUT2D eigenvalue weighted by Gasteiger charge is 2.32. The van der Waals surface area contributed by atoms with Crippen LogP contribution in [-0.2, 0) is 11.0 Å². The van der Waals surface area contributed by atoms with Gasteiger partial charge in [0.25, 0.3) is 5.91 Å². The quantitative estimate of drug-likeness (QED) is 0.337. The molecule has 0 saturated carbocycles. The van der Waals surface area contributed by atoms with E-state index in [0.717, 1.165) is 53.2 Å². The fraction of sp³-hybridized carbons (Fsp3) is 0.241. The Hall–Kier alpha value is -4.71. The Bertz CT molecular complexity index is 1550. The minimum atomic E-state index is -4.62. The first-order chi connectivity index (χ1) is 19.6. The molecule has 1 saturated heterocycles. The molecular formula is C29H28F3N7O2. The Morgan fingerprint density at radius 1 is 1.07 bits per heavy atom. The lowest BCUT2D eigenvalue weighted by atomic mass is 9.97. The second-order valence-electron chi connectivity index (χ2n) is 9.59. The summed E-state index contributed by atoms with van der Waals surface area (Å²) in [6, 6.07) is 13.9. The van der Waals surface area contributed by atoms with Crippen LogP contribution in [0, 0.1) is 6.92 Å². The maximum absolute atomic E-state index is 13.0. The largest absolute Gasteiger partial charge is 0.418 e. The molecule has 212 valence electrons. The number of carbonyl (C=O) groups is 2. The number of anilines is 1. The average Bonchev–Trinajstić information content (AvgIpc) is 3.40. The molecule has 3 N–H and O–H groups in total. The van der Waals surface area contributed by atoms with Gasteiger partial charge in [-0.25, -0.2) is 0 Å². The highest BCUT2D eigenvalue weighted by Crippen LogP contribution is 2.32. The summed E-state index contributed by atoms with van der Waals surface area (Å²) in [5.74, 6) is -0.386. The number of nitrogens with one attached hydrogen (secondary N) is 1. The number of nitrogens with two attached hydrogens (primary N) is 1. The van der Waals surface area contributed by atoms with Crippen LogP contribution in [0.25, 0.3) is 22.4 Å². The monoisotopic (exact) mass is 563 g/mol. The van der Waals surface area contributed by atoms with Gasteiger partial charge in [-0.05, 0) is 86.1 Å². The molecule has 12 heteroatoms. The van der Waals surface area contributed by atoms with Crippen molar-refractivity contribution in [3.63, 3.8) is 0 Å². The molecule has 1 fully saturated rings. The number of aryl methyl sites for hydroxylation is 1. The molecule has 1 aromatic carbocycles. The minimum absolute atomic E-state index is 0.250. The Morgan fingerprint density at radius 3 is 2.51 bits per heavy atom. The van der Waals surface area contributed by atoms with Gasteiger partial charge in [-0.2, -0.15) is 18.3 Å². The molecule has 9 nitrogen and oxygen atoms in total. The van der Waals surface area contributed by atoms with Gasteiger partial charge in [0.2, 0.25) is 6.41 Å². The number of hydrogen-bond donors (Lipinski definition) is 2. The lowest BCUT2D eigenvalue weighted by Crippen LogP contribution is -2.16. The van der Waals surface area contributed by atoms with Crippen LogP contribution in [0.1, 0.15) is 39.6 Å². The van der Waals surface area contributed by atoms with E-state index < -0.39 is 23.3 Å². The third kappa shape index (κ3) is 7.28. The SMILES string of the molecule is Cc1ccc(NC(=O)c2cc(C(F)(F)F)cnn2)cc1-c1ccnc(-c2ccnc(C3CCN(C)C3)c2)c1.NC=O. The third-order valence-electron chi connectivity index (χ3n) is 6.67. The van der Waals surface area contributed by atoms with E-state index in [2.05, 4.69) is 49.2 Å². The van der Waals surface area contributed by atoms with Crippen LogP contribution in [0.15, 0.2) is 67.1 Å². The number of rotatable bonds is 5. The number of carbonyl (C=O) groups excluding carboxylic acids is 2. The predicted molar refractivity (Wildman–Crippen MR) is 148 cm³/mol. The molecule has 1 atom stereocenters. The number of pyridine rings is 2. The first kappa shape index (κ1) is 29.3. The van der Waals surface area contributed by atoms with E-state index in [1.165, 1.54) is 0 Å². The smallest absolute Gasteiger partial charge is 0.372 e. The summed E-state index contributed by atoms with van der Waals surface area (Å²) in [6.07, 6.45) is 0.834. The number of hydrogen-bond acceptors (Lipinski definition) is 7. The second-order valence-corrected chi connectivity index (χ2v) is 9.59. The summed E-state index contributed by atoms with van der Waals surface area (Å²) in [6.45, 7) is 3.98. The normalized spacial score (nSPS) is 15.1. The van der Waals surface area contributed by atoms with Gasteiger partial charge in [-0.3, -0.25) is 19.6 Å². The fourth-order valence-corrected chi connectivity index (χ4v) is 4.60. The number of amides is 2. The van der Waals surface area contributed by atoms with Crippen molar-refractivity contribution in [2.24, 2.45) is 5.73 Å². The van der Waals surface area contributed by atoms with Crippen LogP contribution in [0.5, 0.6) is 0 Å². The topological polar surface area (TPSA) is 127 Å². The van der Waals surface area contributed by atoms with E-state index in [9.17, 15) is 18.0 Å². The predicted octanol–water partition coefficient (Wildman–Crippen LogP) is 4.70. The van der Waals surface area contributed by atoms with E-state index in [1.807, 2.05) is 37.4 Å². The van der Waals surface area contributed by atoms with Crippen molar-refractivity contribution in [1.82, 2.24) is 25.1 Å². The molecule has 2 amide bonds. The van der Waals surface area contributed by atoms with E-state index in [1.54, 1.807) is 18.3 Å². The van der Waals surface area contributed by atoms with Gasteiger partial charge in [0.05, 0.1) is 17.5 Å². The molecular weight excluding hydrogens is 535 g/mol. The van der Waals surface area contributed by atoms with Crippen LogP contribution in [0.4, 0.5) is 18.9 Å². The van der Waals surface area contributed by atoms with E-state index in [-0.39, 0.29) is 6.41 Å². The van der Waals surface area contributed by atoms with Crippen LogP contribution < -0.4 is 11.1 Å². The molecule has 1 aliphatic heterocycles. The number of likely N-dealkylation sites (N-methyl/N-ethyl adjacent to an activating group) is 1. The second kappa shape index (κ2) is 12.6. The van der Waals surface area contributed by atoms with Gasteiger partial charge in [0.15, 0.2) is 5.69 Å². The molecule has 1 aliphatic rings. The lowest BCUT2D eigenvalue weighted by molar-refractivity contribution is -0.138. The molecule has 4 heterocycles. The Balaban J connectivity index is 0.00000124. The number of aromatic nitrogens is 4. The maximum Gasteiger partial charge on any atom is 0.418 e. The van der Waals surface area contributed by atoms with Crippen LogP contribution in [0.2, 0.25) is 0 Å². The number of likely N-dealkylation sites (tertiary alicyclic amines) is 1. The van der Waals surface area contributed by atoms with Crippen molar-refractivity contribution in [3.8, 4) is 22.4 Å². The number of primary amides is 1. The molecule has 5 rings (SSSR count). The molecule has 0 radical (unpaired) electrons. The Morgan fingerprint density at radius 2 is 1.80 bits per heavy atom. The fourth-order valence-electron chi connectivity index (χ4n) is 4.60. The highest BCUT2D eigenvalue weighted by atomic mass is 19.4. The maximum atomic E-state index is 13.0. The summed E-state index contributed by atoms with van der Waals surface area (Å²) in [4.78, 5) is 32.7. The summed E-state index contributed by atoms with van der Waals surface area (Å²) in [5.41, 5.74) is 8.66. The molecule has 1 unspecified atom stereocenters. The van der Waals surface area contributed by atoms with Crippen molar-refractivity contribution < 1.29 is 22.8 Å². The number of alkyl halides is 3. The first-order valence-corrected chi connectivity index (χ1v) is 12.7. The molecule has 41 heavy (non-hydrogen) atoms. The van der Waals surface area contributed by atoms with E-state index in [0.29, 0.717) is 23.9 Å². The summed E-state index contributed by atoms with van der Waals surface area (Å²) < 4.78 is 39.0. The van der Waals surface area contributed by atoms with Crippen molar-refractivity contribution in [1.29, 1.82) is 0 Å². The standard InChI is InChI=1S/C28H25F3N6O.CH3NO/c1-17-3-4-22(35-27(38)26-13-21(15-34-36-26)28(29,30)31)14-23(17)18-5-8-32-24(11-18)19-6-9-33-25(12-19)20-7-10-37(2)16-20;2-1-3/h3-6,8-9,11-15,20H,7,10,16H2,1-2H3,(H,35,38);1H,(H2,2,3). The molecule has 0 bridgehead atoms. The number of benzene rings is 1. The van der Waals surface area contributed by atoms with Gasteiger partial charge < -0.3 is 16.0 Å². The lowest BCUT2D eigenvalue weighted by Gasteiger charge is -2.13. The van der Waals surface area contributed by atoms with Gasteiger partial charge in [0.1, 0.15) is 0 Å². The van der Waals surface area contributed by atoms with Crippen molar-refractivity contribution in [3.05, 3.63) is 89.6 Å². The molecule has 4 aromatic rings. The van der Waals surface area contributed by atoms with Crippen LogP contribution in [-0.4, -0.2) is 57.5 Å².